The average Bonchev–Trinajstić information content (AvgIpc) is 2.31. The molecule has 0 saturated heterocycles. The number of benzene rings is 1. The van der Waals surface area contributed by atoms with Crippen molar-refractivity contribution in [2.24, 2.45) is 17.8 Å². The van der Waals surface area contributed by atoms with Gasteiger partial charge in [-0.2, -0.15) is 0 Å². The Morgan fingerprint density at radius 2 is 2.06 bits per heavy atom. The zero-order chi connectivity index (χ0) is 13.1. The molecule has 2 rings (SSSR count). The highest BCUT2D eigenvalue weighted by molar-refractivity contribution is 5.27. The van der Waals surface area contributed by atoms with Crippen LogP contribution in [0.3, 0.4) is 0 Å². The Bertz CT molecular complexity index is 386. The first kappa shape index (κ1) is 13.4. The van der Waals surface area contributed by atoms with E-state index in [4.69, 9.17) is 0 Å². The summed E-state index contributed by atoms with van der Waals surface area (Å²) in [4.78, 5) is 0. The van der Waals surface area contributed by atoms with Crippen molar-refractivity contribution in [2.45, 2.75) is 45.6 Å². The van der Waals surface area contributed by atoms with Crippen molar-refractivity contribution in [1.29, 1.82) is 0 Å². The molecule has 2 heteroatoms. The second-order valence-electron chi connectivity index (χ2n) is 6.02. The molecule has 1 aromatic carbocycles. The van der Waals surface area contributed by atoms with Crippen molar-refractivity contribution < 1.29 is 10.2 Å². The number of phenolic OH excluding ortho intramolecular Hbond substituents is 1. The van der Waals surface area contributed by atoms with Crippen LogP contribution in [0.5, 0.6) is 5.75 Å². The second-order valence-corrected chi connectivity index (χ2v) is 6.02. The van der Waals surface area contributed by atoms with E-state index < -0.39 is 0 Å². The molecule has 1 aliphatic rings. The van der Waals surface area contributed by atoms with Gasteiger partial charge in [0.2, 0.25) is 0 Å². The Kier molecular flexibility index (Phi) is 4.28. The largest absolute Gasteiger partial charge is 0.508 e. The van der Waals surface area contributed by atoms with Gasteiger partial charge in [0.15, 0.2) is 0 Å². The summed E-state index contributed by atoms with van der Waals surface area (Å²) in [7, 11) is 0. The van der Waals surface area contributed by atoms with Gasteiger partial charge >= 0.3 is 0 Å². The highest BCUT2D eigenvalue weighted by Gasteiger charge is 2.30. The molecule has 18 heavy (non-hydrogen) atoms. The highest BCUT2D eigenvalue weighted by atomic mass is 16.3. The summed E-state index contributed by atoms with van der Waals surface area (Å²) in [6, 6.07) is 7.41. The molecule has 0 spiro atoms. The Balaban J connectivity index is 2.02. The van der Waals surface area contributed by atoms with Gasteiger partial charge < -0.3 is 10.2 Å². The number of aliphatic hydroxyl groups is 1. The van der Waals surface area contributed by atoms with E-state index >= 15 is 0 Å². The van der Waals surface area contributed by atoms with Gasteiger partial charge in [-0.1, -0.05) is 26.0 Å². The van der Waals surface area contributed by atoms with E-state index in [1.54, 1.807) is 6.07 Å². The van der Waals surface area contributed by atoms with Crippen molar-refractivity contribution in [3.63, 3.8) is 0 Å². The quantitative estimate of drug-likeness (QED) is 0.861. The van der Waals surface area contributed by atoms with Crippen molar-refractivity contribution in [3.8, 4) is 5.75 Å². The molecular weight excluding hydrogens is 224 g/mol. The Labute approximate surface area is 110 Å². The monoisotopic (exact) mass is 248 g/mol. The molecule has 0 bridgehead atoms. The van der Waals surface area contributed by atoms with E-state index in [2.05, 4.69) is 13.8 Å². The molecule has 1 aromatic rings. The lowest BCUT2D eigenvalue weighted by atomic mass is 9.73. The van der Waals surface area contributed by atoms with Gasteiger partial charge in [0.1, 0.15) is 5.75 Å². The number of aliphatic hydroxyl groups excluding tert-OH is 1. The number of phenols is 1. The lowest BCUT2D eigenvalue weighted by molar-refractivity contribution is 0.0378. The van der Waals surface area contributed by atoms with Crippen LogP contribution in [0.1, 0.15) is 38.7 Å². The van der Waals surface area contributed by atoms with Gasteiger partial charge in [0.05, 0.1) is 6.10 Å². The number of rotatable bonds is 3. The van der Waals surface area contributed by atoms with Crippen molar-refractivity contribution in [3.05, 3.63) is 29.8 Å². The van der Waals surface area contributed by atoms with Crippen molar-refractivity contribution in [2.75, 3.05) is 0 Å². The molecule has 3 atom stereocenters. The van der Waals surface area contributed by atoms with Crippen molar-refractivity contribution >= 4 is 0 Å². The first-order valence-electron chi connectivity index (χ1n) is 7.02. The molecule has 1 fully saturated rings. The van der Waals surface area contributed by atoms with Gasteiger partial charge in [-0.3, -0.25) is 0 Å². The Hall–Kier alpha value is -1.02. The standard InChI is InChI=1S/C16H24O2/c1-11(2)13-6-7-16(18)14(10-13)8-12-4-3-5-15(17)9-12/h3-5,9,11,13-14,16-18H,6-8,10H2,1-2H3. The molecule has 3 unspecified atom stereocenters. The molecule has 100 valence electrons. The SMILES string of the molecule is CC(C)C1CCC(O)C(Cc2cccc(O)c2)C1. The molecule has 1 aliphatic carbocycles. The third-order valence-corrected chi connectivity index (χ3v) is 4.33. The van der Waals surface area contributed by atoms with Gasteiger partial charge in [0.25, 0.3) is 0 Å². The molecule has 0 radical (unpaired) electrons. The van der Waals surface area contributed by atoms with Gasteiger partial charge in [-0.05, 0) is 61.1 Å². The van der Waals surface area contributed by atoms with Crippen LogP contribution in [0, 0.1) is 17.8 Å². The topological polar surface area (TPSA) is 40.5 Å². The molecule has 2 nitrogen and oxygen atoms in total. The highest BCUT2D eigenvalue weighted by Crippen LogP contribution is 2.35. The lowest BCUT2D eigenvalue weighted by Crippen LogP contribution is -2.32. The van der Waals surface area contributed by atoms with E-state index in [1.165, 1.54) is 0 Å². The fourth-order valence-electron chi connectivity index (χ4n) is 3.10. The maximum Gasteiger partial charge on any atom is 0.115 e. The summed E-state index contributed by atoms with van der Waals surface area (Å²) >= 11 is 0. The maximum absolute atomic E-state index is 10.1. The minimum absolute atomic E-state index is 0.178. The fourth-order valence-corrected chi connectivity index (χ4v) is 3.10. The van der Waals surface area contributed by atoms with E-state index in [1.807, 2.05) is 18.2 Å². The predicted molar refractivity (Wildman–Crippen MR) is 73.5 cm³/mol. The average molecular weight is 248 g/mol. The van der Waals surface area contributed by atoms with E-state index in [-0.39, 0.29) is 6.10 Å². The molecule has 0 heterocycles. The number of hydrogen-bond donors (Lipinski definition) is 2. The van der Waals surface area contributed by atoms with Crippen LogP contribution in [-0.4, -0.2) is 16.3 Å². The predicted octanol–water partition coefficient (Wildman–Crippen LogP) is 3.37. The molecule has 2 N–H and O–H groups in total. The Morgan fingerprint density at radius 3 is 2.72 bits per heavy atom. The smallest absolute Gasteiger partial charge is 0.115 e. The van der Waals surface area contributed by atoms with Crippen LogP contribution in [-0.2, 0) is 6.42 Å². The zero-order valence-electron chi connectivity index (χ0n) is 11.3. The van der Waals surface area contributed by atoms with Crippen LogP contribution in [0.25, 0.3) is 0 Å². The summed E-state index contributed by atoms with van der Waals surface area (Å²) < 4.78 is 0. The van der Waals surface area contributed by atoms with E-state index in [0.717, 1.165) is 37.2 Å². The summed E-state index contributed by atoms with van der Waals surface area (Å²) in [6.45, 7) is 4.54. The molecule has 0 aliphatic heterocycles. The Morgan fingerprint density at radius 1 is 1.28 bits per heavy atom. The van der Waals surface area contributed by atoms with Gasteiger partial charge in [0, 0.05) is 0 Å². The van der Waals surface area contributed by atoms with Gasteiger partial charge in [-0.25, -0.2) is 0 Å². The lowest BCUT2D eigenvalue weighted by Gasteiger charge is -2.35. The van der Waals surface area contributed by atoms with Crippen LogP contribution in [0.2, 0.25) is 0 Å². The van der Waals surface area contributed by atoms with Crippen LogP contribution >= 0.6 is 0 Å². The number of hydrogen-bond acceptors (Lipinski definition) is 2. The third-order valence-electron chi connectivity index (χ3n) is 4.33. The minimum Gasteiger partial charge on any atom is -0.508 e. The summed E-state index contributed by atoms with van der Waals surface area (Å²) in [5, 5.41) is 19.6. The second kappa shape index (κ2) is 5.75. The van der Waals surface area contributed by atoms with E-state index in [0.29, 0.717) is 17.6 Å². The zero-order valence-corrected chi connectivity index (χ0v) is 11.3. The first-order chi connectivity index (χ1) is 8.56. The van der Waals surface area contributed by atoms with E-state index in [9.17, 15) is 10.2 Å². The fraction of sp³-hybridized carbons (Fsp3) is 0.625. The van der Waals surface area contributed by atoms with Crippen LogP contribution in [0.4, 0.5) is 0 Å². The van der Waals surface area contributed by atoms with Crippen LogP contribution < -0.4 is 0 Å². The maximum atomic E-state index is 10.1. The summed E-state index contributed by atoms with van der Waals surface area (Å²) in [5.41, 5.74) is 1.13. The molecular formula is C16H24O2. The van der Waals surface area contributed by atoms with Crippen molar-refractivity contribution in [1.82, 2.24) is 0 Å². The third kappa shape index (κ3) is 3.26. The molecule has 0 amide bonds. The van der Waals surface area contributed by atoms with Crippen LogP contribution in [0.15, 0.2) is 24.3 Å². The summed E-state index contributed by atoms with van der Waals surface area (Å²) in [5.74, 6) is 2.09. The van der Waals surface area contributed by atoms with Gasteiger partial charge in [-0.15, -0.1) is 0 Å². The molecule has 1 saturated carbocycles. The molecule has 0 aromatic heterocycles. The minimum atomic E-state index is -0.178. The number of aromatic hydroxyl groups is 1. The normalized spacial score (nSPS) is 28.6. The summed E-state index contributed by atoms with van der Waals surface area (Å²) in [6.07, 6.45) is 3.87. The first-order valence-corrected chi connectivity index (χ1v) is 7.02.